The van der Waals surface area contributed by atoms with E-state index in [9.17, 15) is 9.59 Å². The van der Waals surface area contributed by atoms with Crippen molar-refractivity contribution in [3.8, 4) is 0 Å². The predicted molar refractivity (Wildman–Crippen MR) is 99.9 cm³/mol. The topological polar surface area (TPSA) is 84.0 Å². The van der Waals surface area contributed by atoms with Gasteiger partial charge in [0.15, 0.2) is 0 Å². The van der Waals surface area contributed by atoms with Gasteiger partial charge >= 0.3 is 0 Å². The van der Waals surface area contributed by atoms with Gasteiger partial charge in [0.25, 0.3) is 5.91 Å². The monoisotopic (exact) mass is 356 g/mol. The van der Waals surface area contributed by atoms with Crippen molar-refractivity contribution in [3.05, 3.63) is 35.4 Å². The first kappa shape index (κ1) is 18.5. The minimum Gasteiger partial charge on any atom is -0.352 e. The van der Waals surface area contributed by atoms with Crippen LogP contribution in [-0.4, -0.2) is 34.4 Å². The van der Waals surface area contributed by atoms with E-state index in [-0.39, 0.29) is 17.9 Å². The molecule has 0 bridgehead atoms. The first-order valence-electron chi connectivity index (χ1n) is 9.54. The van der Waals surface area contributed by atoms with Crippen LogP contribution < -0.4 is 10.6 Å². The summed E-state index contributed by atoms with van der Waals surface area (Å²) >= 11 is 0. The molecule has 2 aliphatic rings. The van der Waals surface area contributed by atoms with Gasteiger partial charge in [0.05, 0.1) is 17.0 Å². The van der Waals surface area contributed by atoms with E-state index >= 15 is 0 Å². The second-order valence-corrected chi connectivity index (χ2v) is 7.54. The molecule has 0 saturated heterocycles. The molecule has 0 spiro atoms. The maximum Gasteiger partial charge on any atom is 0.255 e. The molecule has 2 saturated carbocycles. The molecule has 2 N–H and O–H groups in total. The molecule has 1 aromatic heterocycles. The largest absolute Gasteiger partial charge is 0.352 e. The fraction of sp³-hybridized carbons (Fsp3) is 0.600. The maximum atomic E-state index is 12.7. The molecule has 6 heteroatoms. The number of carbonyl (C=O) groups is 2. The number of hydrogen-bond acceptors (Lipinski definition) is 4. The average molecular weight is 356 g/mol. The normalized spacial score (nSPS) is 22.5. The Kier molecular flexibility index (Phi) is 5.69. The molecule has 0 aromatic carbocycles. The van der Waals surface area contributed by atoms with Gasteiger partial charge < -0.3 is 10.6 Å². The minimum atomic E-state index is -0.124. The highest BCUT2D eigenvalue weighted by Crippen LogP contribution is 2.38. The van der Waals surface area contributed by atoms with E-state index in [1.807, 2.05) is 13.8 Å². The van der Waals surface area contributed by atoms with Crippen molar-refractivity contribution in [3.63, 3.8) is 0 Å². The molecule has 0 radical (unpaired) electrons. The van der Waals surface area contributed by atoms with Crippen LogP contribution in [0.4, 0.5) is 0 Å². The van der Waals surface area contributed by atoms with E-state index in [2.05, 4.69) is 27.2 Å². The molecule has 26 heavy (non-hydrogen) atoms. The lowest BCUT2D eigenvalue weighted by molar-refractivity contribution is -0.116. The standard InChI is InChI=1S/C20H28N4O2/c1-4-17(25)21-11-14-5-9-16(10-6-14)24-20(26)18-12(2)22-19(15-7-8-15)23-13(18)3/h4,14-16H,1,5-11H2,2-3H3,(H,21,25)(H,24,26). The second kappa shape index (κ2) is 7.98. The SMILES string of the molecule is C=CC(=O)NCC1CCC(NC(=O)c2c(C)nc(C3CC3)nc2C)CC1. The fourth-order valence-electron chi connectivity index (χ4n) is 3.68. The van der Waals surface area contributed by atoms with Gasteiger partial charge in [-0.25, -0.2) is 9.97 Å². The summed E-state index contributed by atoms with van der Waals surface area (Å²) in [5, 5.41) is 6.01. The quantitative estimate of drug-likeness (QED) is 0.767. The van der Waals surface area contributed by atoms with E-state index in [4.69, 9.17) is 0 Å². The third-order valence-electron chi connectivity index (χ3n) is 5.39. The van der Waals surface area contributed by atoms with Crippen LogP contribution >= 0.6 is 0 Å². The van der Waals surface area contributed by atoms with Crippen molar-refractivity contribution >= 4 is 11.8 Å². The summed E-state index contributed by atoms with van der Waals surface area (Å²) in [6.45, 7) is 7.94. The van der Waals surface area contributed by atoms with Crippen LogP contribution in [0.1, 0.15) is 72.0 Å². The Morgan fingerprint density at radius 1 is 1.08 bits per heavy atom. The van der Waals surface area contributed by atoms with Crippen molar-refractivity contribution in [2.24, 2.45) is 5.92 Å². The van der Waals surface area contributed by atoms with Crippen LogP contribution in [0.15, 0.2) is 12.7 Å². The van der Waals surface area contributed by atoms with Gasteiger partial charge in [0.2, 0.25) is 5.91 Å². The number of amides is 2. The summed E-state index contributed by atoms with van der Waals surface area (Å²) in [6, 6.07) is 0.177. The summed E-state index contributed by atoms with van der Waals surface area (Å²) in [4.78, 5) is 33.1. The van der Waals surface area contributed by atoms with Crippen molar-refractivity contribution < 1.29 is 9.59 Å². The van der Waals surface area contributed by atoms with Gasteiger partial charge in [-0.1, -0.05) is 6.58 Å². The Balaban J connectivity index is 1.53. The Morgan fingerprint density at radius 2 is 1.69 bits per heavy atom. The van der Waals surface area contributed by atoms with Crippen LogP contribution in [0.5, 0.6) is 0 Å². The lowest BCUT2D eigenvalue weighted by Crippen LogP contribution is -2.40. The van der Waals surface area contributed by atoms with Gasteiger partial charge in [0.1, 0.15) is 5.82 Å². The molecule has 2 amide bonds. The summed E-state index contributed by atoms with van der Waals surface area (Å²) in [7, 11) is 0. The highest BCUT2D eigenvalue weighted by atomic mass is 16.2. The van der Waals surface area contributed by atoms with Crippen molar-refractivity contribution in [1.82, 2.24) is 20.6 Å². The molecule has 1 heterocycles. The molecule has 3 rings (SSSR count). The van der Waals surface area contributed by atoms with E-state index in [1.165, 1.54) is 6.08 Å². The highest BCUT2D eigenvalue weighted by Gasteiger charge is 2.29. The van der Waals surface area contributed by atoms with Crippen LogP contribution in [0.3, 0.4) is 0 Å². The van der Waals surface area contributed by atoms with Crippen LogP contribution in [-0.2, 0) is 4.79 Å². The molecule has 6 nitrogen and oxygen atoms in total. The number of hydrogen-bond donors (Lipinski definition) is 2. The first-order valence-corrected chi connectivity index (χ1v) is 9.54. The van der Waals surface area contributed by atoms with Gasteiger partial charge in [0, 0.05) is 18.5 Å². The molecule has 2 aliphatic carbocycles. The fourth-order valence-corrected chi connectivity index (χ4v) is 3.68. The lowest BCUT2D eigenvalue weighted by Gasteiger charge is -2.29. The van der Waals surface area contributed by atoms with E-state index in [0.29, 0.717) is 23.9 Å². The molecular formula is C20H28N4O2. The molecule has 0 atom stereocenters. The molecule has 0 unspecified atom stereocenters. The number of aromatic nitrogens is 2. The number of carbonyl (C=O) groups excluding carboxylic acids is 2. The molecule has 140 valence electrons. The predicted octanol–water partition coefficient (Wildman–Crippen LogP) is 2.56. The van der Waals surface area contributed by atoms with E-state index in [0.717, 1.165) is 55.7 Å². The molecular weight excluding hydrogens is 328 g/mol. The summed E-state index contributed by atoms with van der Waals surface area (Å²) in [6.07, 6.45) is 7.46. The van der Waals surface area contributed by atoms with Gasteiger partial charge in [-0.05, 0) is 64.4 Å². The van der Waals surface area contributed by atoms with Crippen LogP contribution in [0.25, 0.3) is 0 Å². The zero-order valence-corrected chi connectivity index (χ0v) is 15.7. The number of aryl methyl sites for hydroxylation is 2. The van der Waals surface area contributed by atoms with Gasteiger partial charge in [-0.3, -0.25) is 9.59 Å². The zero-order valence-electron chi connectivity index (χ0n) is 15.7. The third kappa shape index (κ3) is 4.48. The Bertz CT molecular complexity index is 681. The zero-order chi connectivity index (χ0) is 18.7. The summed E-state index contributed by atoms with van der Waals surface area (Å²) in [5.41, 5.74) is 2.17. The molecule has 2 fully saturated rings. The van der Waals surface area contributed by atoms with Crippen molar-refractivity contribution in [2.75, 3.05) is 6.54 Å². The van der Waals surface area contributed by atoms with E-state index < -0.39 is 0 Å². The minimum absolute atomic E-state index is 0.0641. The third-order valence-corrected chi connectivity index (χ3v) is 5.39. The maximum absolute atomic E-state index is 12.7. The van der Waals surface area contributed by atoms with Crippen LogP contribution in [0.2, 0.25) is 0 Å². The van der Waals surface area contributed by atoms with Gasteiger partial charge in [-0.2, -0.15) is 0 Å². The Morgan fingerprint density at radius 3 is 2.23 bits per heavy atom. The summed E-state index contributed by atoms with van der Waals surface area (Å²) in [5.74, 6) is 1.66. The highest BCUT2D eigenvalue weighted by molar-refractivity contribution is 5.96. The lowest BCUT2D eigenvalue weighted by atomic mass is 9.86. The molecule has 1 aromatic rings. The van der Waals surface area contributed by atoms with Crippen molar-refractivity contribution in [2.45, 2.75) is 64.3 Å². The van der Waals surface area contributed by atoms with Crippen LogP contribution in [0, 0.1) is 19.8 Å². The first-order chi connectivity index (χ1) is 12.5. The van der Waals surface area contributed by atoms with Gasteiger partial charge in [-0.15, -0.1) is 0 Å². The number of nitrogens with one attached hydrogen (secondary N) is 2. The van der Waals surface area contributed by atoms with E-state index in [1.54, 1.807) is 0 Å². The second-order valence-electron chi connectivity index (χ2n) is 7.54. The molecule has 0 aliphatic heterocycles. The smallest absolute Gasteiger partial charge is 0.255 e. The van der Waals surface area contributed by atoms with Crippen molar-refractivity contribution in [1.29, 1.82) is 0 Å². The Hall–Kier alpha value is -2.24. The number of rotatable bonds is 6. The number of nitrogens with zero attached hydrogens (tertiary/aromatic N) is 2. The summed E-state index contributed by atoms with van der Waals surface area (Å²) < 4.78 is 0. The Labute approximate surface area is 154 Å². The average Bonchev–Trinajstić information content (AvgIpc) is 3.45.